The average Bonchev–Trinajstić information content (AvgIpc) is 2.29. The molecule has 0 aromatic heterocycles. The summed E-state index contributed by atoms with van der Waals surface area (Å²) < 4.78 is 0. The van der Waals surface area contributed by atoms with E-state index in [0.29, 0.717) is 0 Å². The van der Waals surface area contributed by atoms with E-state index in [-0.39, 0.29) is 0 Å². The van der Waals surface area contributed by atoms with Crippen molar-refractivity contribution in [3.8, 4) is 0 Å². The number of thioether (sulfide) groups is 3. The summed E-state index contributed by atoms with van der Waals surface area (Å²) in [4.78, 5) is 1.37. The van der Waals surface area contributed by atoms with E-state index >= 15 is 0 Å². The van der Waals surface area contributed by atoms with Crippen LogP contribution in [0.1, 0.15) is 0 Å². The Balaban J connectivity index is 1.93. The lowest BCUT2D eigenvalue weighted by atomic mass is 10.4. The zero-order valence-electron chi connectivity index (χ0n) is 8.59. The minimum Gasteiger partial charge on any atom is -0.179 e. The van der Waals surface area contributed by atoms with E-state index in [1.807, 2.05) is 35.3 Å². The molecule has 84 valence electrons. The second-order valence-electron chi connectivity index (χ2n) is 2.82. The van der Waals surface area contributed by atoms with Gasteiger partial charge in [-0.25, -0.2) is 0 Å². The first kappa shape index (κ1) is 13.7. The SMILES string of the molecule is SCCSCCSCSc1ccccc1. The van der Waals surface area contributed by atoms with Crippen molar-refractivity contribution in [3.63, 3.8) is 0 Å². The molecule has 0 saturated heterocycles. The second-order valence-corrected chi connectivity index (χ2v) is 7.01. The Morgan fingerprint density at radius 3 is 2.40 bits per heavy atom. The maximum atomic E-state index is 4.18. The van der Waals surface area contributed by atoms with Crippen LogP contribution in [0.25, 0.3) is 0 Å². The van der Waals surface area contributed by atoms with Crippen LogP contribution < -0.4 is 0 Å². The van der Waals surface area contributed by atoms with Crippen LogP contribution in [0.5, 0.6) is 0 Å². The van der Waals surface area contributed by atoms with E-state index in [0.717, 1.165) is 10.8 Å². The van der Waals surface area contributed by atoms with Crippen molar-refractivity contribution in [1.82, 2.24) is 0 Å². The van der Waals surface area contributed by atoms with Gasteiger partial charge in [-0.2, -0.15) is 24.4 Å². The Morgan fingerprint density at radius 2 is 1.67 bits per heavy atom. The van der Waals surface area contributed by atoms with E-state index in [1.165, 1.54) is 22.2 Å². The highest BCUT2D eigenvalue weighted by Gasteiger charge is 1.93. The van der Waals surface area contributed by atoms with Crippen LogP contribution in [0.3, 0.4) is 0 Å². The minimum atomic E-state index is 0.994. The summed E-state index contributed by atoms with van der Waals surface area (Å²) in [5.41, 5.74) is 0. The zero-order chi connectivity index (χ0) is 10.8. The molecule has 0 N–H and O–H groups in total. The molecule has 0 heterocycles. The summed E-state index contributed by atoms with van der Waals surface area (Å²) in [7, 11) is 0. The van der Waals surface area contributed by atoms with Crippen molar-refractivity contribution in [2.24, 2.45) is 0 Å². The van der Waals surface area contributed by atoms with Crippen molar-refractivity contribution in [1.29, 1.82) is 0 Å². The van der Waals surface area contributed by atoms with Crippen molar-refractivity contribution in [2.75, 3.05) is 28.1 Å². The first-order chi connectivity index (χ1) is 7.43. The van der Waals surface area contributed by atoms with Crippen LogP contribution in [0, 0.1) is 0 Å². The Labute approximate surface area is 111 Å². The fraction of sp³-hybridized carbons (Fsp3) is 0.455. The number of rotatable bonds is 8. The molecule has 1 aromatic carbocycles. The Bertz CT molecular complexity index is 238. The smallest absolute Gasteiger partial charge is 0.0439 e. The van der Waals surface area contributed by atoms with Crippen molar-refractivity contribution < 1.29 is 0 Å². The summed E-state index contributed by atoms with van der Waals surface area (Å²) in [5.74, 6) is 4.67. The minimum absolute atomic E-state index is 0.994. The number of benzene rings is 1. The number of hydrogen-bond acceptors (Lipinski definition) is 4. The topological polar surface area (TPSA) is 0 Å². The molecule has 0 radical (unpaired) electrons. The maximum Gasteiger partial charge on any atom is 0.0439 e. The molecule has 0 amide bonds. The highest BCUT2D eigenvalue weighted by molar-refractivity contribution is 8.16. The Morgan fingerprint density at radius 1 is 0.933 bits per heavy atom. The summed E-state index contributed by atoms with van der Waals surface area (Å²) in [6.07, 6.45) is 0. The molecule has 0 aliphatic carbocycles. The van der Waals surface area contributed by atoms with Gasteiger partial charge in [0.15, 0.2) is 0 Å². The molecule has 1 rings (SSSR count). The third kappa shape index (κ3) is 7.50. The molecule has 4 heteroatoms. The molecule has 0 bridgehead atoms. The van der Waals surface area contributed by atoms with Crippen LogP contribution in [-0.4, -0.2) is 28.1 Å². The van der Waals surface area contributed by atoms with Crippen LogP contribution in [0.2, 0.25) is 0 Å². The van der Waals surface area contributed by atoms with Gasteiger partial charge in [0, 0.05) is 27.2 Å². The van der Waals surface area contributed by atoms with Gasteiger partial charge in [-0.05, 0) is 17.9 Å². The quantitative estimate of drug-likeness (QED) is 0.328. The maximum absolute atomic E-state index is 4.18. The number of thiol groups is 1. The van der Waals surface area contributed by atoms with E-state index in [1.54, 1.807) is 0 Å². The van der Waals surface area contributed by atoms with Crippen LogP contribution in [0.15, 0.2) is 35.2 Å². The van der Waals surface area contributed by atoms with Gasteiger partial charge in [0.1, 0.15) is 0 Å². The molecule has 0 saturated carbocycles. The lowest BCUT2D eigenvalue weighted by molar-refractivity contribution is 1.47. The molecule has 0 spiro atoms. The summed E-state index contributed by atoms with van der Waals surface area (Å²) >= 11 is 10.1. The predicted octanol–water partition coefficient (Wildman–Crippen LogP) is 4.13. The van der Waals surface area contributed by atoms with Gasteiger partial charge in [-0.3, -0.25) is 0 Å². The molecular formula is C11H16S4. The molecule has 0 aliphatic heterocycles. The molecule has 15 heavy (non-hydrogen) atoms. The Kier molecular flexibility index (Phi) is 8.96. The highest BCUT2D eigenvalue weighted by atomic mass is 32.2. The molecule has 0 atom stereocenters. The van der Waals surface area contributed by atoms with Gasteiger partial charge in [0.25, 0.3) is 0 Å². The Hall–Kier alpha value is 0.620. The van der Waals surface area contributed by atoms with Crippen molar-refractivity contribution in [2.45, 2.75) is 4.90 Å². The standard InChI is InChI=1S/C11H16S4/c12-6-7-13-8-9-14-10-15-11-4-2-1-3-5-11/h1-5,12H,6-10H2. The molecule has 1 aromatic rings. The first-order valence-corrected chi connectivity index (χ1v) is 8.80. The summed E-state index contributed by atoms with van der Waals surface area (Å²) in [6, 6.07) is 10.6. The van der Waals surface area contributed by atoms with E-state index in [9.17, 15) is 0 Å². The van der Waals surface area contributed by atoms with Gasteiger partial charge in [-0.15, -0.1) is 23.5 Å². The second kappa shape index (κ2) is 9.82. The third-order valence-corrected chi connectivity index (χ3v) is 5.67. The van der Waals surface area contributed by atoms with E-state index in [4.69, 9.17) is 0 Å². The van der Waals surface area contributed by atoms with E-state index in [2.05, 4.69) is 43.0 Å². The van der Waals surface area contributed by atoms with Crippen molar-refractivity contribution in [3.05, 3.63) is 30.3 Å². The van der Waals surface area contributed by atoms with Gasteiger partial charge in [0.2, 0.25) is 0 Å². The predicted molar refractivity (Wildman–Crippen MR) is 80.8 cm³/mol. The lowest BCUT2D eigenvalue weighted by Gasteiger charge is -2.01. The van der Waals surface area contributed by atoms with Gasteiger partial charge in [-0.1, -0.05) is 18.2 Å². The molecular weight excluding hydrogens is 260 g/mol. The molecule has 0 unspecified atom stereocenters. The van der Waals surface area contributed by atoms with Gasteiger partial charge < -0.3 is 0 Å². The monoisotopic (exact) mass is 276 g/mol. The molecule has 0 fully saturated rings. The lowest BCUT2D eigenvalue weighted by Crippen LogP contribution is -1.87. The average molecular weight is 277 g/mol. The van der Waals surface area contributed by atoms with Crippen molar-refractivity contribution >= 4 is 47.9 Å². The fourth-order valence-electron chi connectivity index (χ4n) is 0.970. The molecule has 0 aliphatic rings. The highest BCUT2D eigenvalue weighted by Crippen LogP contribution is 2.22. The summed E-state index contributed by atoms with van der Waals surface area (Å²) in [5, 5.41) is 1.16. The third-order valence-electron chi connectivity index (χ3n) is 1.66. The van der Waals surface area contributed by atoms with Gasteiger partial charge >= 0.3 is 0 Å². The zero-order valence-corrected chi connectivity index (χ0v) is 11.9. The van der Waals surface area contributed by atoms with E-state index < -0.39 is 0 Å². The first-order valence-electron chi connectivity index (χ1n) is 4.87. The van der Waals surface area contributed by atoms with Crippen LogP contribution in [0.4, 0.5) is 0 Å². The summed E-state index contributed by atoms with van der Waals surface area (Å²) in [6.45, 7) is 0. The van der Waals surface area contributed by atoms with Gasteiger partial charge in [0.05, 0.1) is 0 Å². The largest absolute Gasteiger partial charge is 0.179 e. The van der Waals surface area contributed by atoms with Crippen LogP contribution >= 0.6 is 47.9 Å². The number of hydrogen-bond donors (Lipinski definition) is 1. The fourth-order valence-corrected chi connectivity index (χ4v) is 4.33. The van der Waals surface area contributed by atoms with Crippen LogP contribution in [-0.2, 0) is 0 Å². The normalized spacial score (nSPS) is 10.5. The molecule has 0 nitrogen and oxygen atoms in total.